The van der Waals surface area contributed by atoms with Gasteiger partial charge in [-0.3, -0.25) is 0 Å². The van der Waals surface area contributed by atoms with Gasteiger partial charge in [0.2, 0.25) is 0 Å². The normalized spacial score (nSPS) is 9.94. The summed E-state index contributed by atoms with van der Waals surface area (Å²) in [4.78, 5) is 4.48. The third-order valence-electron chi connectivity index (χ3n) is 2.33. The van der Waals surface area contributed by atoms with Crippen LogP contribution in [0.2, 0.25) is 11.5 Å². The van der Waals surface area contributed by atoms with Crippen LogP contribution in [0.4, 0.5) is 0 Å². The zero-order valence-electron chi connectivity index (χ0n) is 9.32. The molecule has 0 aliphatic heterocycles. The minimum absolute atomic E-state index is 0. The third-order valence-corrected chi connectivity index (χ3v) is 5.37. The van der Waals surface area contributed by atoms with Crippen molar-refractivity contribution in [3.63, 3.8) is 0 Å². The molecule has 0 atom stereocenters. The number of hydrogen-bond donors (Lipinski definition) is 0. The van der Waals surface area contributed by atoms with Gasteiger partial charge in [-0.15, -0.1) is 0 Å². The Morgan fingerprint density at radius 3 is 2.44 bits per heavy atom. The van der Waals surface area contributed by atoms with E-state index in [1.165, 1.54) is 4.40 Å². The van der Waals surface area contributed by atoms with Crippen molar-refractivity contribution in [1.29, 1.82) is 0 Å². The van der Waals surface area contributed by atoms with E-state index in [1.807, 2.05) is 30.5 Å². The predicted molar refractivity (Wildman–Crippen MR) is 65.6 cm³/mol. The second-order valence-corrected chi connectivity index (χ2v) is 9.12. The molecule has 84 valence electrons. The molecule has 0 aliphatic carbocycles. The molecule has 0 saturated heterocycles. The third kappa shape index (κ3) is 3.28. The van der Waals surface area contributed by atoms with Crippen LogP contribution in [0.3, 0.4) is 0 Å². The largest absolute Gasteiger partial charge is 0 e. The van der Waals surface area contributed by atoms with Gasteiger partial charge >= 0.3 is 95.2 Å². The van der Waals surface area contributed by atoms with E-state index in [2.05, 4.69) is 34.7 Å². The molecule has 1 aromatic carbocycles. The molecule has 1 nitrogen and oxygen atoms in total. The number of aromatic nitrogens is 1. The average Bonchev–Trinajstić information content (AvgIpc) is 2.30. The van der Waals surface area contributed by atoms with Crippen molar-refractivity contribution in [2.45, 2.75) is 11.5 Å². The molecule has 2 rings (SSSR count). The minimum Gasteiger partial charge on any atom is 0 e. The van der Waals surface area contributed by atoms with E-state index in [0.29, 0.717) is 0 Å². The number of hydrogen-bond acceptors (Lipinski definition) is 1. The maximum Gasteiger partial charge on any atom is 0 e. The van der Waals surface area contributed by atoms with Crippen LogP contribution in [0.5, 0.6) is 0 Å². The first-order valence-corrected chi connectivity index (χ1v) is 10.3. The van der Waals surface area contributed by atoms with Gasteiger partial charge in [0.05, 0.1) is 0 Å². The van der Waals surface area contributed by atoms with Crippen LogP contribution < -0.4 is 4.40 Å². The number of benzene rings is 1. The zero-order chi connectivity index (χ0) is 10.7. The first-order chi connectivity index (χ1) is 7.27. The topological polar surface area (TPSA) is 12.9 Å². The summed E-state index contributed by atoms with van der Waals surface area (Å²) in [5.74, 6) is 4.68. The summed E-state index contributed by atoms with van der Waals surface area (Å²) in [6.45, 7) is 0. The molecular weight excluding hydrogens is 435 g/mol. The van der Waals surface area contributed by atoms with Gasteiger partial charge in [-0.05, 0) is 0 Å². The first-order valence-electron chi connectivity index (χ1n) is 5.01. The molecule has 3 heteroatoms. The quantitative estimate of drug-likeness (QED) is 0.509. The molecule has 1 aromatic heterocycles. The van der Waals surface area contributed by atoms with E-state index in [-0.39, 0.29) is 20.1 Å². The van der Waals surface area contributed by atoms with E-state index in [0.717, 1.165) is 11.3 Å². The van der Waals surface area contributed by atoms with Crippen LogP contribution in [0.15, 0.2) is 42.6 Å². The van der Waals surface area contributed by atoms with Crippen LogP contribution in [-0.2, 0) is 20.1 Å². The Kier molecular flexibility index (Phi) is 5.40. The Balaban J connectivity index is 0.00000128. The fraction of sp³-hybridized carbons (Fsp3) is 0.154. The average molecular weight is 448 g/mol. The summed E-state index contributed by atoms with van der Waals surface area (Å²) in [6, 6.07) is 15.4. The van der Waals surface area contributed by atoms with E-state index >= 15 is 0 Å². The maximum atomic E-state index is 4.48. The molecule has 0 amide bonds. The minimum atomic E-state index is -0.966. The molecular formula is C13H13GeIrN-. The standard InChI is InChI=1S/C13H13GeN.Ir/c1-14(2)12-8-9-13(15-10-12)11-6-4-3-5-7-11;/h3-6,8-10H,1-2H3;/q-1;. The zero-order valence-corrected chi connectivity index (χ0v) is 13.8. The molecule has 0 spiro atoms. The second kappa shape index (κ2) is 6.34. The van der Waals surface area contributed by atoms with Gasteiger partial charge in [-0.25, -0.2) is 0 Å². The Bertz CT molecular complexity index is 425. The Labute approximate surface area is 115 Å². The summed E-state index contributed by atoms with van der Waals surface area (Å²) >= 11 is -0.966. The van der Waals surface area contributed by atoms with Crippen LogP contribution in [0, 0.1) is 6.07 Å². The fourth-order valence-corrected chi connectivity index (χ4v) is 2.95. The van der Waals surface area contributed by atoms with Gasteiger partial charge in [0, 0.05) is 20.1 Å². The Morgan fingerprint density at radius 1 is 1.12 bits per heavy atom. The SMILES string of the molecule is [CH3][Ge]([CH3])[c]1ccc(-c2[c-]cccc2)nc1.[Ir]. The fourth-order valence-electron chi connectivity index (χ4n) is 1.40. The van der Waals surface area contributed by atoms with Gasteiger partial charge in [0.15, 0.2) is 0 Å². The summed E-state index contributed by atoms with van der Waals surface area (Å²) < 4.78 is 1.44. The molecule has 0 unspecified atom stereocenters. The van der Waals surface area contributed by atoms with Crippen molar-refractivity contribution in [2.24, 2.45) is 0 Å². The smallest absolute Gasteiger partial charge is 0 e. The van der Waals surface area contributed by atoms with Gasteiger partial charge in [-0.2, -0.15) is 0 Å². The van der Waals surface area contributed by atoms with Crippen LogP contribution in [0.1, 0.15) is 0 Å². The van der Waals surface area contributed by atoms with Crippen molar-refractivity contribution in [3.05, 3.63) is 48.7 Å². The van der Waals surface area contributed by atoms with E-state index < -0.39 is 14.3 Å². The van der Waals surface area contributed by atoms with E-state index in [9.17, 15) is 0 Å². The summed E-state index contributed by atoms with van der Waals surface area (Å²) in [7, 11) is 0. The van der Waals surface area contributed by atoms with Gasteiger partial charge in [0.1, 0.15) is 0 Å². The molecule has 0 fully saturated rings. The molecule has 16 heavy (non-hydrogen) atoms. The van der Waals surface area contributed by atoms with Gasteiger partial charge in [0.25, 0.3) is 0 Å². The molecule has 0 N–H and O–H groups in total. The van der Waals surface area contributed by atoms with Gasteiger partial charge in [-0.1, -0.05) is 0 Å². The Morgan fingerprint density at radius 2 is 1.94 bits per heavy atom. The summed E-state index contributed by atoms with van der Waals surface area (Å²) in [5, 5.41) is 0. The summed E-state index contributed by atoms with van der Waals surface area (Å²) in [5.41, 5.74) is 2.08. The number of rotatable bonds is 2. The molecule has 2 aromatic rings. The monoisotopic (exact) mass is 450 g/mol. The van der Waals surface area contributed by atoms with Crippen LogP contribution >= 0.6 is 0 Å². The molecule has 0 saturated carbocycles. The maximum absolute atomic E-state index is 4.48. The molecule has 1 heterocycles. The van der Waals surface area contributed by atoms with Crippen molar-refractivity contribution >= 4 is 18.7 Å². The van der Waals surface area contributed by atoms with Crippen LogP contribution in [-0.4, -0.2) is 19.3 Å². The van der Waals surface area contributed by atoms with Crippen molar-refractivity contribution in [3.8, 4) is 11.3 Å². The van der Waals surface area contributed by atoms with E-state index in [4.69, 9.17) is 0 Å². The molecule has 2 radical (unpaired) electrons. The Hall–Kier alpha value is -0.438. The van der Waals surface area contributed by atoms with Gasteiger partial charge < -0.3 is 0 Å². The van der Waals surface area contributed by atoms with E-state index in [1.54, 1.807) is 0 Å². The molecule has 0 aliphatic rings. The van der Waals surface area contributed by atoms with Crippen LogP contribution in [0.25, 0.3) is 11.3 Å². The van der Waals surface area contributed by atoms with Crippen molar-refractivity contribution in [2.75, 3.05) is 0 Å². The number of nitrogens with zero attached hydrogens (tertiary/aromatic N) is 1. The summed E-state index contributed by atoms with van der Waals surface area (Å²) in [6.07, 6.45) is 2.02. The second-order valence-electron chi connectivity index (χ2n) is 3.71. The van der Waals surface area contributed by atoms with Crippen molar-refractivity contribution in [1.82, 2.24) is 4.98 Å². The van der Waals surface area contributed by atoms with Crippen molar-refractivity contribution < 1.29 is 20.1 Å². The first kappa shape index (κ1) is 13.6. The number of pyridine rings is 1. The predicted octanol–water partition coefficient (Wildman–Crippen LogP) is 2.51. The molecule has 0 bridgehead atoms.